The lowest BCUT2D eigenvalue weighted by Gasteiger charge is -2.03. The van der Waals surface area contributed by atoms with Crippen LogP contribution in [-0.4, -0.2) is 11.2 Å². The number of thioether (sulfide) groups is 1. The maximum absolute atomic E-state index is 11.4. The molecule has 2 nitrogen and oxygen atoms in total. The first kappa shape index (κ1) is 11.0. The highest BCUT2D eigenvalue weighted by atomic mass is 32.2. The molecule has 1 aromatic heterocycles. The molecule has 0 unspecified atom stereocenters. The van der Waals surface area contributed by atoms with Crippen LogP contribution in [0.4, 0.5) is 0 Å². The predicted octanol–water partition coefficient (Wildman–Crippen LogP) is 3.07. The van der Waals surface area contributed by atoms with Crippen molar-refractivity contribution < 1.29 is 0 Å². The largest absolute Gasteiger partial charge is 0.317 e. The molecule has 0 fully saturated rings. The highest BCUT2D eigenvalue weighted by Crippen LogP contribution is 2.21. The van der Waals surface area contributed by atoms with Crippen molar-refractivity contribution in [3.05, 3.63) is 52.3 Å². The summed E-state index contributed by atoms with van der Waals surface area (Å²) in [5.41, 5.74) is 3.21. The molecule has 0 spiro atoms. The molecule has 82 valence electrons. The van der Waals surface area contributed by atoms with E-state index in [0.717, 1.165) is 16.2 Å². The second kappa shape index (κ2) is 4.58. The number of H-pyrrole nitrogens is 1. The van der Waals surface area contributed by atoms with Gasteiger partial charge in [-0.2, -0.15) is 0 Å². The standard InChI is InChI=1S/C13H13NOS/c1-9-3-5-10(6-4-9)11-7-12(15)14-13(8-11)16-2/h3-8H,1-2H3,(H,14,15). The van der Waals surface area contributed by atoms with Crippen molar-refractivity contribution >= 4 is 11.8 Å². The Hall–Kier alpha value is -1.48. The van der Waals surface area contributed by atoms with Crippen molar-refractivity contribution in [1.82, 2.24) is 4.98 Å². The van der Waals surface area contributed by atoms with E-state index in [4.69, 9.17) is 0 Å². The zero-order chi connectivity index (χ0) is 11.5. The van der Waals surface area contributed by atoms with E-state index in [9.17, 15) is 4.79 Å². The number of pyridine rings is 1. The number of aryl methyl sites for hydroxylation is 1. The van der Waals surface area contributed by atoms with Gasteiger partial charge in [0, 0.05) is 6.07 Å². The molecule has 16 heavy (non-hydrogen) atoms. The Morgan fingerprint density at radius 1 is 1.06 bits per heavy atom. The molecule has 0 aliphatic carbocycles. The highest BCUT2D eigenvalue weighted by molar-refractivity contribution is 7.98. The van der Waals surface area contributed by atoms with Gasteiger partial charge in [-0.1, -0.05) is 29.8 Å². The maximum atomic E-state index is 11.4. The Bertz CT molecular complexity index is 543. The van der Waals surface area contributed by atoms with Crippen LogP contribution in [0.3, 0.4) is 0 Å². The second-order valence-corrected chi connectivity index (χ2v) is 4.52. The number of aromatic amines is 1. The summed E-state index contributed by atoms with van der Waals surface area (Å²) in [4.78, 5) is 14.2. The van der Waals surface area contributed by atoms with E-state index in [1.165, 1.54) is 17.3 Å². The third-order valence-electron chi connectivity index (χ3n) is 2.42. The molecule has 3 heteroatoms. The average Bonchev–Trinajstić information content (AvgIpc) is 2.29. The van der Waals surface area contributed by atoms with Gasteiger partial charge in [-0.25, -0.2) is 0 Å². The molecule has 1 aromatic carbocycles. The highest BCUT2D eigenvalue weighted by Gasteiger charge is 2.01. The second-order valence-electron chi connectivity index (χ2n) is 3.67. The molecule has 0 radical (unpaired) electrons. The molecule has 0 amide bonds. The van der Waals surface area contributed by atoms with Crippen molar-refractivity contribution in [2.45, 2.75) is 11.9 Å². The van der Waals surface area contributed by atoms with E-state index in [0.29, 0.717) is 0 Å². The monoisotopic (exact) mass is 231 g/mol. The van der Waals surface area contributed by atoms with E-state index < -0.39 is 0 Å². The van der Waals surface area contributed by atoms with Gasteiger partial charge in [0.05, 0.1) is 5.03 Å². The summed E-state index contributed by atoms with van der Waals surface area (Å²) in [6.45, 7) is 2.05. The minimum atomic E-state index is -0.0533. The lowest BCUT2D eigenvalue weighted by molar-refractivity contribution is 1.08. The number of hydrogen-bond donors (Lipinski definition) is 1. The van der Waals surface area contributed by atoms with Crippen LogP contribution in [0, 0.1) is 6.92 Å². The van der Waals surface area contributed by atoms with Crippen LogP contribution < -0.4 is 5.56 Å². The summed E-state index contributed by atoms with van der Waals surface area (Å²) in [5, 5.41) is 0.892. The zero-order valence-corrected chi connectivity index (χ0v) is 10.1. The summed E-state index contributed by atoms with van der Waals surface area (Å²) < 4.78 is 0. The number of rotatable bonds is 2. The number of hydrogen-bond acceptors (Lipinski definition) is 2. The zero-order valence-electron chi connectivity index (χ0n) is 9.28. The van der Waals surface area contributed by atoms with E-state index in [2.05, 4.69) is 24.0 Å². The summed E-state index contributed by atoms with van der Waals surface area (Å²) in [7, 11) is 0. The molecule has 0 aliphatic heterocycles. The Kier molecular flexibility index (Phi) is 3.15. The summed E-state index contributed by atoms with van der Waals surface area (Å²) >= 11 is 1.54. The van der Waals surface area contributed by atoms with Crippen molar-refractivity contribution in [2.24, 2.45) is 0 Å². The van der Waals surface area contributed by atoms with Gasteiger partial charge in [0.15, 0.2) is 0 Å². The van der Waals surface area contributed by atoms with Crippen LogP contribution in [-0.2, 0) is 0 Å². The molecule has 2 aromatic rings. The van der Waals surface area contributed by atoms with Gasteiger partial charge in [0.1, 0.15) is 0 Å². The first-order valence-electron chi connectivity index (χ1n) is 5.04. The first-order chi connectivity index (χ1) is 7.69. The Balaban J connectivity index is 2.51. The van der Waals surface area contributed by atoms with E-state index in [-0.39, 0.29) is 5.56 Å². The predicted molar refractivity (Wildman–Crippen MR) is 69.0 cm³/mol. The molecule has 0 aliphatic rings. The van der Waals surface area contributed by atoms with Gasteiger partial charge in [-0.3, -0.25) is 4.79 Å². The third kappa shape index (κ3) is 2.36. The molecule has 0 bridgehead atoms. The van der Waals surface area contributed by atoms with Crippen LogP contribution in [0.5, 0.6) is 0 Å². The van der Waals surface area contributed by atoms with Gasteiger partial charge < -0.3 is 4.98 Å². The van der Waals surface area contributed by atoms with Gasteiger partial charge in [0.2, 0.25) is 5.56 Å². The Morgan fingerprint density at radius 3 is 2.38 bits per heavy atom. The van der Waals surface area contributed by atoms with Gasteiger partial charge in [0.25, 0.3) is 0 Å². The Labute approximate surface area is 98.7 Å². The molecule has 2 rings (SSSR count). The molecular weight excluding hydrogens is 218 g/mol. The van der Waals surface area contributed by atoms with Gasteiger partial charge in [-0.05, 0) is 30.4 Å². The van der Waals surface area contributed by atoms with Crippen LogP contribution in [0.1, 0.15) is 5.56 Å². The van der Waals surface area contributed by atoms with Crippen LogP contribution in [0.25, 0.3) is 11.1 Å². The summed E-state index contributed by atoms with van der Waals surface area (Å²) in [6.07, 6.45) is 1.95. The molecule has 1 N–H and O–H groups in total. The third-order valence-corrected chi connectivity index (χ3v) is 3.08. The number of nitrogens with one attached hydrogen (secondary N) is 1. The van der Waals surface area contributed by atoms with E-state index in [1.807, 2.05) is 24.5 Å². The van der Waals surface area contributed by atoms with Crippen molar-refractivity contribution in [3.8, 4) is 11.1 Å². The lowest BCUT2D eigenvalue weighted by atomic mass is 10.1. The average molecular weight is 231 g/mol. The molecular formula is C13H13NOS. The summed E-state index contributed by atoms with van der Waals surface area (Å²) in [5.74, 6) is 0. The van der Waals surface area contributed by atoms with Gasteiger partial charge >= 0.3 is 0 Å². The quantitative estimate of drug-likeness (QED) is 0.806. The fraction of sp³-hybridized carbons (Fsp3) is 0.154. The van der Waals surface area contributed by atoms with Crippen molar-refractivity contribution in [3.63, 3.8) is 0 Å². The Morgan fingerprint density at radius 2 is 1.75 bits per heavy atom. The molecule has 0 saturated carbocycles. The normalized spacial score (nSPS) is 10.4. The van der Waals surface area contributed by atoms with Crippen molar-refractivity contribution in [1.29, 1.82) is 0 Å². The molecule has 0 saturated heterocycles. The minimum absolute atomic E-state index is 0.0533. The fourth-order valence-corrected chi connectivity index (χ4v) is 1.99. The van der Waals surface area contributed by atoms with E-state index in [1.54, 1.807) is 6.07 Å². The number of aromatic nitrogens is 1. The topological polar surface area (TPSA) is 32.9 Å². The smallest absolute Gasteiger partial charge is 0.249 e. The molecule has 1 heterocycles. The first-order valence-corrected chi connectivity index (χ1v) is 6.27. The molecule has 0 atom stereocenters. The SMILES string of the molecule is CSc1cc(-c2ccc(C)cc2)cc(=O)[nH]1. The lowest BCUT2D eigenvalue weighted by Crippen LogP contribution is -2.04. The number of benzene rings is 1. The summed E-state index contributed by atoms with van der Waals surface area (Å²) in [6, 6.07) is 11.8. The fourth-order valence-electron chi connectivity index (χ4n) is 1.54. The van der Waals surface area contributed by atoms with Crippen LogP contribution in [0.2, 0.25) is 0 Å². The van der Waals surface area contributed by atoms with Crippen LogP contribution >= 0.6 is 11.8 Å². The van der Waals surface area contributed by atoms with Crippen LogP contribution in [0.15, 0.2) is 46.2 Å². The maximum Gasteiger partial charge on any atom is 0.249 e. The van der Waals surface area contributed by atoms with Crippen molar-refractivity contribution in [2.75, 3.05) is 6.26 Å². The van der Waals surface area contributed by atoms with E-state index >= 15 is 0 Å². The van der Waals surface area contributed by atoms with Gasteiger partial charge in [-0.15, -0.1) is 11.8 Å². The minimum Gasteiger partial charge on any atom is -0.317 e.